The highest BCUT2D eigenvalue weighted by Crippen LogP contribution is 2.26. The van der Waals surface area contributed by atoms with Crippen molar-refractivity contribution in [1.29, 1.82) is 0 Å². The lowest BCUT2D eigenvalue weighted by Gasteiger charge is -2.35. The van der Waals surface area contributed by atoms with Crippen LogP contribution in [0.4, 0.5) is 0 Å². The van der Waals surface area contributed by atoms with Gasteiger partial charge in [0, 0.05) is 26.2 Å². The Bertz CT molecular complexity index is 299. The van der Waals surface area contributed by atoms with Crippen molar-refractivity contribution < 1.29 is 9.53 Å². The first kappa shape index (κ1) is 14.8. The number of methoxy groups -OCH3 is 1. The van der Waals surface area contributed by atoms with Gasteiger partial charge in [0.05, 0.1) is 0 Å². The molecule has 5 heteroatoms. The van der Waals surface area contributed by atoms with Gasteiger partial charge in [-0.05, 0) is 45.3 Å². The Kier molecular flexibility index (Phi) is 5.19. The average Bonchev–Trinajstić information content (AvgIpc) is 3.28. The third kappa shape index (κ3) is 3.68. The standard InChI is InChI=1S/C14H27N3O2/c1-3-17(12-4-5-12)11-10-16-13(18)14(19-2)6-8-15-9-7-14/h12,15H,3-11H2,1-2H3,(H,16,18). The van der Waals surface area contributed by atoms with Crippen LogP contribution in [-0.2, 0) is 9.53 Å². The van der Waals surface area contributed by atoms with Crippen LogP contribution in [0.1, 0.15) is 32.6 Å². The summed E-state index contributed by atoms with van der Waals surface area (Å²) in [4.78, 5) is 14.8. The number of likely N-dealkylation sites (N-methyl/N-ethyl adjacent to an activating group) is 1. The molecule has 2 rings (SSSR count). The van der Waals surface area contributed by atoms with E-state index in [1.54, 1.807) is 7.11 Å². The van der Waals surface area contributed by atoms with Gasteiger partial charge in [-0.3, -0.25) is 9.69 Å². The summed E-state index contributed by atoms with van der Waals surface area (Å²) in [7, 11) is 1.65. The van der Waals surface area contributed by atoms with Gasteiger partial charge in [-0.1, -0.05) is 6.92 Å². The van der Waals surface area contributed by atoms with Gasteiger partial charge in [-0.25, -0.2) is 0 Å². The van der Waals surface area contributed by atoms with Crippen LogP contribution in [0.15, 0.2) is 0 Å². The van der Waals surface area contributed by atoms with E-state index in [9.17, 15) is 4.79 Å². The predicted octanol–water partition coefficient (Wildman–Crippen LogP) is 0.356. The zero-order chi connectivity index (χ0) is 13.7. The van der Waals surface area contributed by atoms with Crippen molar-refractivity contribution in [1.82, 2.24) is 15.5 Å². The van der Waals surface area contributed by atoms with Gasteiger partial charge in [0.25, 0.3) is 5.91 Å². The third-order valence-electron chi connectivity index (χ3n) is 4.37. The number of piperidine rings is 1. The van der Waals surface area contributed by atoms with Crippen molar-refractivity contribution in [2.75, 3.05) is 39.8 Å². The minimum Gasteiger partial charge on any atom is -0.368 e. The van der Waals surface area contributed by atoms with Gasteiger partial charge in [0.2, 0.25) is 0 Å². The molecule has 0 aromatic carbocycles. The smallest absolute Gasteiger partial charge is 0.252 e. The quantitative estimate of drug-likeness (QED) is 0.700. The minimum atomic E-state index is -0.609. The molecular weight excluding hydrogens is 242 g/mol. The second-order valence-electron chi connectivity index (χ2n) is 5.56. The Morgan fingerprint density at radius 1 is 1.42 bits per heavy atom. The molecule has 110 valence electrons. The van der Waals surface area contributed by atoms with Crippen molar-refractivity contribution in [3.05, 3.63) is 0 Å². The minimum absolute atomic E-state index is 0.0587. The Balaban J connectivity index is 1.75. The molecule has 2 aliphatic rings. The highest BCUT2D eigenvalue weighted by molar-refractivity contribution is 5.85. The summed E-state index contributed by atoms with van der Waals surface area (Å²) in [6.07, 6.45) is 4.15. The number of hydrogen-bond donors (Lipinski definition) is 2. The molecule has 2 fully saturated rings. The molecule has 0 aromatic rings. The number of amides is 1. The highest BCUT2D eigenvalue weighted by Gasteiger charge is 2.39. The fourth-order valence-corrected chi connectivity index (χ4v) is 2.87. The topological polar surface area (TPSA) is 53.6 Å². The molecule has 1 saturated heterocycles. The van der Waals surface area contributed by atoms with E-state index in [1.807, 2.05) is 0 Å². The van der Waals surface area contributed by atoms with E-state index in [0.29, 0.717) is 0 Å². The van der Waals surface area contributed by atoms with Crippen LogP contribution in [-0.4, -0.2) is 62.3 Å². The molecule has 0 radical (unpaired) electrons. The van der Waals surface area contributed by atoms with Gasteiger partial charge in [-0.15, -0.1) is 0 Å². The summed E-state index contributed by atoms with van der Waals surface area (Å²) in [5.74, 6) is 0.0587. The maximum atomic E-state index is 12.3. The SMILES string of the molecule is CCN(CCNC(=O)C1(OC)CCNCC1)C1CC1. The van der Waals surface area contributed by atoms with Crippen LogP contribution in [0.25, 0.3) is 0 Å². The largest absolute Gasteiger partial charge is 0.368 e. The fraction of sp³-hybridized carbons (Fsp3) is 0.929. The molecule has 1 heterocycles. The van der Waals surface area contributed by atoms with E-state index in [-0.39, 0.29) is 5.91 Å². The maximum Gasteiger partial charge on any atom is 0.252 e. The zero-order valence-corrected chi connectivity index (χ0v) is 12.2. The van der Waals surface area contributed by atoms with Crippen molar-refractivity contribution in [3.63, 3.8) is 0 Å². The zero-order valence-electron chi connectivity index (χ0n) is 12.2. The van der Waals surface area contributed by atoms with Crippen molar-refractivity contribution >= 4 is 5.91 Å². The number of hydrogen-bond acceptors (Lipinski definition) is 4. The fourth-order valence-electron chi connectivity index (χ4n) is 2.87. The predicted molar refractivity (Wildman–Crippen MR) is 75.1 cm³/mol. The normalized spacial score (nSPS) is 22.5. The van der Waals surface area contributed by atoms with E-state index in [1.165, 1.54) is 12.8 Å². The number of carbonyl (C=O) groups is 1. The lowest BCUT2D eigenvalue weighted by Crippen LogP contribution is -2.55. The molecule has 0 aromatic heterocycles. The van der Waals surface area contributed by atoms with E-state index in [4.69, 9.17) is 4.74 Å². The van der Waals surface area contributed by atoms with E-state index >= 15 is 0 Å². The molecular formula is C14H27N3O2. The molecule has 0 bridgehead atoms. The van der Waals surface area contributed by atoms with Crippen LogP contribution in [0.2, 0.25) is 0 Å². The summed E-state index contributed by atoms with van der Waals surface area (Å²) < 4.78 is 5.52. The Morgan fingerprint density at radius 3 is 2.63 bits per heavy atom. The molecule has 5 nitrogen and oxygen atoms in total. The van der Waals surface area contributed by atoms with Gasteiger partial charge < -0.3 is 15.4 Å². The van der Waals surface area contributed by atoms with Crippen molar-refractivity contribution in [2.45, 2.75) is 44.2 Å². The van der Waals surface area contributed by atoms with Gasteiger partial charge >= 0.3 is 0 Å². The van der Waals surface area contributed by atoms with Crippen molar-refractivity contribution in [3.8, 4) is 0 Å². The monoisotopic (exact) mass is 269 g/mol. The third-order valence-corrected chi connectivity index (χ3v) is 4.37. The van der Waals surface area contributed by atoms with E-state index < -0.39 is 5.60 Å². The molecule has 2 N–H and O–H groups in total. The Labute approximate surface area is 116 Å². The first-order valence-electron chi connectivity index (χ1n) is 7.50. The van der Waals surface area contributed by atoms with Crippen LogP contribution < -0.4 is 10.6 Å². The lowest BCUT2D eigenvalue weighted by molar-refractivity contribution is -0.146. The summed E-state index contributed by atoms with van der Waals surface area (Å²) in [6.45, 7) is 6.63. The first-order valence-corrected chi connectivity index (χ1v) is 7.50. The number of nitrogens with zero attached hydrogens (tertiary/aromatic N) is 1. The van der Waals surface area contributed by atoms with Gasteiger partial charge in [0.1, 0.15) is 5.60 Å². The van der Waals surface area contributed by atoms with Crippen LogP contribution >= 0.6 is 0 Å². The molecule has 0 atom stereocenters. The molecule has 1 aliphatic carbocycles. The molecule has 0 spiro atoms. The first-order chi connectivity index (χ1) is 9.22. The van der Waals surface area contributed by atoms with Crippen LogP contribution in [0.5, 0.6) is 0 Å². The van der Waals surface area contributed by atoms with E-state index in [0.717, 1.165) is 51.6 Å². The van der Waals surface area contributed by atoms with Crippen molar-refractivity contribution in [2.24, 2.45) is 0 Å². The molecule has 1 saturated carbocycles. The molecule has 0 unspecified atom stereocenters. The number of rotatable bonds is 7. The summed E-state index contributed by atoms with van der Waals surface area (Å²) in [5.41, 5.74) is -0.609. The second-order valence-corrected chi connectivity index (χ2v) is 5.56. The second kappa shape index (κ2) is 6.68. The van der Waals surface area contributed by atoms with Crippen LogP contribution in [0, 0.1) is 0 Å². The summed E-state index contributed by atoms with van der Waals surface area (Å²) in [5, 5.41) is 6.33. The average molecular weight is 269 g/mol. The van der Waals surface area contributed by atoms with E-state index in [2.05, 4.69) is 22.5 Å². The van der Waals surface area contributed by atoms with Crippen LogP contribution in [0.3, 0.4) is 0 Å². The number of ether oxygens (including phenoxy) is 1. The lowest BCUT2D eigenvalue weighted by atomic mass is 9.91. The van der Waals surface area contributed by atoms with Gasteiger partial charge in [-0.2, -0.15) is 0 Å². The Hall–Kier alpha value is -0.650. The maximum absolute atomic E-state index is 12.3. The highest BCUT2D eigenvalue weighted by atomic mass is 16.5. The summed E-state index contributed by atoms with van der Waals surface area (Å²) >= 11 is 0. The molecule has 19 heavy (non-hydrogen) atoms. The summed E-state index contributed by atoms with van der Waals surface area (Å²) in [6, 6.07) is 0.761. The molecule has 1 amide bonds. The number of carbonyl (C=O) groups excluding carboxylic acids is 1. The van der Waals surface area contributed by atoms with Gasteiger partial charge in [0.15, 0.2) is 0 Å². The Morgan fingerprint density at radius 2 is 2.11 bits per heavy atom. The number of nitrogens with one attached hydrogen (secondary N) is 2. The molecule has 1 aliphatic heterocycles.